The normalized spacial score (nSPS) is 21.4. The monoisotopic (exact) mass is 243 g/mol. The van der Waals surface area contributed by atoms with Crippen molar-refractivity contribution in [1.29, 1.82) is 5.26 Å². The summed E-state index contributed by atoms with van der Waals surface area (Å²) in [6, 6.07) is 10.1. The lowest BCUT2D eigenvalue weighted by Crippen LogP contribution is -2.66. The molecule has 0 radical (unpaired) electrons. The average Bonchev–Trinajstić information content (AvgIpc) is 2.33. The van der Waals surface area contributed by atoms with Gasteiger partial charge >= 0.3 is 0 Å². The molecule has 3 heteroatoms. The highest BCUT2D eigenvalue weighted by Crippen LogP contribution is 2.30. The standard InChI is InChI=1S/C15H21N3/c1-14(2)11-18(15(3,4)10-17-14)13-7-5-6-12(8-13)9-16/h5-8,17H,10-11H2,1-4H3. The van der Waals surface area contributed by atoms with Crippen molar-refractivity contribution in [3.63, 3.8) is 0 Å². The molecule has 2 rings (SSSR count). The van der Waals surface area contributed by atoms with E-state index < -0.39 is 0 Å². The molecule has 0 aliphatic carbocycles. The molecule has 1 fully saturated rings. The maximum atomic E-state index is 9.01. The van der Waals surface area contributed by atoms with E-state index in [9.17, 15) is 0 Å². The Labute approximate surface area is 109 Å². The summed E-state index contributed by atoms with van der Waals surface area (Å²) in [6.45, 7) is 10.8. The van der Waals surface area contributed by atoms with Crippen molar-refractivity contribution >= 4 is 5.69 Å². The molecular weight excluding hydrogens is 222 g/mol. The molecule has 1 aromatic carbocycles. The number of nitrogens with zero attached hydrogens (tertiary/aromatic N) is 2. The Balaban J connectivity index is 2.37. The number of rotatable bonds is 1. The van der Waals surface area contributed by atoms with Gasteiger partial charge in [0.2, 0.25) is 0 Å². The van der Waals surface area contributed by atoms with E-state index in [1.54, 1.807) is 0 Å². The van der Waals surface area contributed by atoms with Crippen molar-refractivity contribution in [2.24, 2.45) is 0 Å². The van der Waals surface area contributed by atoms with Crippen LogP contribution in [0.3, 0.4) is 0 Å². The molecule has 1 N–H and O–H groups in total. The Hall–Kier alpha value is -1.53. The Morgan fingerprint density at radius 1 is 1.28 bits per heavy atom. The molecule has 0 spiro atoms. The molecule has 1 aromatic rings. The fourth-order valence-corrected chi connectivity index (χ4v) is 2.40. The van der Waals surface area contributed by atoms with Crippen LogP contribution in [0.25, 0.3) is 0 Å². The molecule has 1 aliphatic heterocycles. The first-order valence-corrected chi connectivity index (χ1v) is 6.37. The van der Waals surface area contributed by atoms with Gasteiger partial charge in [-0.25, -0.2) is 0 Å². The quantitative estimate of drug-likeness (QED) is 0.823. The zero-order valence-corrected chi connectivity index (χ0v) is 11.6. The van der Waals surface area contributed by atoms with E-state index in [1.165, 1.54) is 0 Å². The maximum Gasteiger partial charge on any atom is 0.0992 e. The van der Waals surface area contributed by atoms with Crippen LogP contribution in [-0.4, -0.2) is 24.2 Å². The number of piperazine rings is 1. The molecule has 1 saturated heterocycles. The number of anilines is 1. The van der Waals surface area contributed by atoms with Crippen molar-refractivity contribution in [1.82, 2.24) is 5.32 Å². The summed E-state index contributed by atoms with van der Waals surface area (Å²) in [5.74, 6) is 0. The lowest BCUT2D eigenvalue weighted by molar-refractivity contribution is 0.261. The smallest absolute Gasteiger partial charge is 0.0992 e. The molecule has 1 heterocycles. The van der Waals surface area contributed by atoms with Gasteiger partial charge in [0.25, 0.3) is 0 Å². The SMILES string of the molecule is CC1(C)CN(c2cccc(C#N)c2)C(C)(C)CN1. The molecule has 1 aliphatic rings. The molecule has 0 atom stereocenters. The third-order valence-corrected chi connectivity index (χ3v) is 3.57. The summed E-state index contributed by atoms with van der Waals surface area (Å²) in [5, 5.41) is 12.6. The highest BCUT2D eigenvalue weighted by molar-refractivity contribution is 5.54. The van der Waals surface area contributed by atoms with Gasteiger partial charge in [-0.15, -0.1) is 0 Å². The maximum absolute atomic E-state index is 9.01. The van der Waals surface area contributed by atoms with Crippen molar-refractivity contribution in [3.8, 4) is 6.07 Å². The van der Waals surface area contributed by atoms with Gasteiger partial charge in [0.15, 0.2) is 0 Å². The minimum absolute atomic E-state index is 0.0591. The van der Waals surface area contributed by atoms with Crippen LogP contribution in [0, 0.1) is 11.3 Å². The lowest BCUT2D eigenvalue weighted by Gasteiger charge is -2.51. The largest absolute Gasteiger partial charge is 0.363 e. The summed E-state index contributed by atoms with van der Waals surface area (Å²) in [6.07, 6.45) is 0. The van der Waals surface area contributed by atoms with E-state index >= 15 is 0 Å². The van der Waals surface area contributed by atoms with Crippen LogP contribution in [0.4, 0.5) is 5.69 Å². The van der Waals surface area contributed by atoms with Crippen LogP contribution >= 0.6 is 0 Å². The Bertz CT molecular complexity index is 483. The number of hydrogen-bond acceptors (Lipinski definition) is 3. The molecule has 3 nitrogen and oxygen atoms in total. The third kappa shape index (κ3) is 2.49. The molecule has 0 saturated carbocycles. The van der Waals surface area contributed by atoms with E-state index in [2.05, 4.69) is 50.0 Å². The van der Waals surface area contributed by atoms with Crippen LogP contribution in [0.15, 0.2) is 24.3 Å². The van der Waals surface area contributed by atoms with Gasteiger partial charge in [-0.2, -0.15) is 5.26 Å². The molecule has 96 valence electrons. The zero-order valence-electron chi connectivity index (χ0n) is 11.6. The number of hydrogen-bond donors (Lipinski definition) is 1. The van der Waals surface area contributed by atoms with Gasteiger partial charge < -0.3 is 10.2 Å². The second kappa shape index (κ2) is 4.29. The van der Waals surface area contributed by atoms with E-state index in [0.717, 1.165) is 24.3 Å². The number of benzene rings is 1. The first kappa shape index (κ1) is 12.9. The fraction of sp³-hybridized carbons (Fsp3) is 0.533. The van der Waals surface area contributed by atoms with Gasteiger partial charge in [0.1, 0.15) is 0 Å². The van der Waals surface area contributed by atoms with Crippen LogP contribution in [-0.2, 0) is 0 Å². The highest BCUT2D eigenvalue weighted by Gasteiger charge is 2.37. The van der Waals surface area contributed by atoms with Crippen molar-refractivity contribution in [2.45, 2.75) is 38.8 Å². The van der Waals surface area contributed by atoms with Crippen LogP contribution in [0.5, 0.6) is 0 Å². The fourth-order valence-electron chi connectivity index (χ4n) is 2.40. The average molecular weight is 243 g/mol. The van der Waals surface area contributed by atoms with E-state index in [1.807, 2.05) is 18.2 Å². The molecular formula is C15H21N3. The Morgan fingerprint density at radius 2 is 2.00 bits per heavy atom. The minimum Gasteiger partial charge on any atom is -0.363 e. The molecule has 18 heavy (non-hydrogen) atoms. The summed E-state index contributed by atoms with van der Waals surface area (Å²) in [7, 11) is 0. The summed E-state index contributed by atoms with van der Waals surface area (Å²) in [4.78, 5) is 2.39. The van der Waals surface area contributed by atoms with Crippen LogP contribution in [0.2, 0.25) is 0 Å². The van der Waals surface area contributed by atoms with E-state index in [4.69, 9.17) is 5.26 Å². The summed E-state index contributed by atoms with van der Waals surface area (Å²) in [5.41, 5.74) is 2.01. The molecule has 0 unspecified atom stereocenters. The number of nitriles is 1. The molecule has 0 amide bonds. The predicted octanol–water partition coefficient (Wildman–Crippen LogP) is 2.53. The topological polar surface area (TPSA) is 39.1 Å². The second-order valence-electron chi connectivity index (χ2n) is 6.30. The van der Waals surface area contributed by atoms with Crippen LogP contribution < -0.4 is 10.2 Å². The summed E-state index contributed by atoms with van der Waals surface area (Å²) < 4.78 is 0. The summed E-state index contributed by atoms with van der Waals surface area (Å²) >= 11 is 0. The van der Waals surface area contributed by atoms with Crippen LogP contribution in [0.1, 0.15) is 33.3 Å². The molecule has 0 bridgehead atoms. The first-order chi connectivity index (χ1) is 8.34. The first-order valence-electron chi connectivity index (χ1n) is 6.37. The van der Waals surface area contributed by atoms with Gasteiger partial charge in [-0.3, -0.25) is 0 Å². The van der Waals surface area contributed by atoms with Gasteiger partial charge in [0.05, 0.1) is 11.6 Å². The van der Waals surface area contributed by atoms with E-state index in [0.29, 0.717) is 0 Å². The van der Waals surface area contributed by atoms with Gasteiger partial charge in [-0.05, 0) is 45.9 Å². The second-order valence-corrected chi connectivity index (χ2v) is 6.30. The van der Waals surface area contributed by atoms with Crippen molar-refractivity contribution in [3.05, 3.63) is 29.8 Å². The predicted molar refractivity (Wildman–Crippen MR) is 74.7 cm³/mol. The lowest BCUT2D eigenvalue weighted by atomic mass is 9.90. The van der Waals surface area contributed by atoms with Crippen molar-refractivity contribution < 1.29 is 0 Å². The Morgan fingerprint density at radius 3 is 2.67 bits per heavy atom. The highest BCUT2D eigenvalue weighted by atomic mass is 15.3. The Kier molecular flexibility index (Phi) is 3.08. The van der Waals surface area contributed by atoms with Gasteiger partial charge in [-0.1, -0.05) is 6.07 Å². The van der Waals surface area contributed by atoms with E-state index in [-0.39, 0.29) is 11.1 Å². The molecule has 0 aromatic heterocycles. The minimum atomic E-state index is 0.0591. The zero-order chi connectivity index (χ0) is 13.4. The number of nitrogens with one attached hydrogen (secondary N) is 1. The van der Waals surface area contributed by atoms with Crippen molar-refractivity contribution in [2.75, 3.05) is 18.0 Å². The third-order valence-electron chi connectivity index (χ3n) is 3.57. The van der Waals surface area contributed by atoms with Gasteiger partial charge in [0, 0.05) is 29.9 Å².